The lowest BCUT2D eigenvalue weighted by molar-refractivity contribution is -0.118. The highest BCUT2D eigenvalue weighted by molar-refractivity contribution is 6.42. The third-order valence-electron chi connectivity index (χ3n) is 4.19. The van der Waals surface area contributed by atoms with E-state index in [9.17, 15) is 9.59 Å². The summed E-state index contributed by atoms with van der Waals surface area (Å²) in [5, 5.41) is 7.38. The zero-order valence-corrected chi connectivity index (χ0v) is 18.5. The Hall–Kier alpha value is -3.55. The van der Waals surface area contributed by atoms with Gasteiger partial charge in [-0.15, -0.1) is 0 Å². The van der Waals surface area contributed by atoms with E-state index in [1.807, 2.05) is 0 Å². The maximum atomic E-state index is 12.1. The van der Waals surface area contributed by atoms with Gasteiger partial charge >= 0.3 is 0 Å². The molecule has 0 unspecified atom stereocenters. The van der Waals surface area contributed by atoms with E-state index < -0.39 is 0 Å². The lowest BCUT2D eigenvalue weighted by Crippen LogP contribution is -2.20. The van der Waals surface area contributed by atoms with Gasteiger partial charge in [-0.25, -0.2) is 5.43 Å². The standard InChI is InChI=1S/C23H19Cl2N3O4/c1-31-18-9-4-16(5-10-18)23(30)28-26-13-15-2-7-19(8-3-15)32-14-22(29)27-17-6-11-20(24)21(25)12-17/h2-13H,14H2,1H3,(H,27,29)(H,28,30)/b26-13-. The number of carbonyl (C=O) groups is 2. The van der Waals surface area contributed by atoms with Gasteiger partial charge in [0.1, 0.15) is 11.5 Å². The fourth-order valence-corrected chi connectivity index (χ4v) is 2.84. The van der Waals surface area contributed by atoms with Crippen LogP contribution in [-0.2, 0) is 4.79 Å². The average Bonchev–Trinajstić information content (AvgIpc) is 2.81. The molecule has 32 heavy (non-hydrogen) atoms. The number of anilines is 1. The molecule has 3 rings (SSSR count). The van der Waals surface area contributed by atoms with Crippen molar-refractivity contribution in [3.8, 4) is 11.5 Å². The number of rotatable bonds is 8. The number of amides is 2. The maximum Gasteiger partial charge on any atom is 0.271 e. The van der Waals surface area contributed by atoms with E-state index in [0.29, 0.717) is 32.8 Å². The van der Waals surface area contributed by atoms with E-state index >= 15 is 0 Å². The largest absolute Gasteiger partial charge is 0.497 e. The van der Waals surface area contributed by atoms with Crippen molar-refractivity contribution in [2.75, 3.05) is 19.0 Å². The van der Waals surface area contributed by atoms with Crippen LogP contribution >= 0.6 is 23.2 Å². The summed E-state index contributed by atoms with van der Waals surface area (Å²) in [6, 6.07) is 18.4. The predicted molar refractivity (Wildman–Crippen MR) is 125 cm³/mol. The number of benzene rings is 3. The van der Waals surface area contributed by atoms with Crippen molar-refractivity contribution in [1.82, 2.24) is 5.43 Å². The second-order valence-electron chi connectivity index (χ2n) is 6.46. The molecule has 3 aromatic carbocycles. The van der Waals surface area contributed by atoms with E-state index in [1.54, 1.807) is 73.8 Å². The summed E-state index contributed by atoms with van der Waals surface area (Å²) < 4.78 is 10.5. The number of nitrogens with zero attached hydrogens (tertiary/aromatic N) is 1. The molecule has 2 amide bonds. The van der Waals surface area contributed by atoms with Gasteiger partial charge in [0.25, 0.3) is 11.8 Å². The first kappa shape index (κ1) is 23.1. The first-order valence-electron chi connectivity index (χ1n) is 9.40. The molecule has 0 heterocycles. The molecule has 0 saturated carbocycles. The Morgan fingerprint density at radius 3 is 2.28 bits per heavy atom. The van der Waals surface area contributed by atoms with Gasteiger partial charge in [0.15, 0.2) is 6.61 Å². The third kappa shape index (κ3) is 6.73. The number of carbonyl (C=O) groups excluding carboxylic acids is 2. The molecule has 0 spiro atoms. The van der Waals surface area contributed by atoms with Crippen LogP contribution in [0.5, 0.6) is 11.5 Å². The minimum absolute atomic E-state index is 0.175. The Bertz CT molecular complexity index is 1120. The molecule has 7 nitrogen and oxygen atoms in total. The zero-order valence-electron chi connectivity index (χ0n) is 17.0. The molecule has 0 aliphatic rings. The van der Waals surface area contributed by atoms with Crippen LogP contribution in [0, 0.1) is 0 Å². The number of ether oxygens (including phenoxy) is 2. The Kier molecular flexibility index (Phi) is 8.08. The lowest BCUT2D eigenvalue weighted by atomic mass is 10.2. The van der Waals surface area contributed by atoms with Crippen molar-refractivity contribution in [3.63, 3.8) is 0 Å². The summed E-state index contributed by atoms with van der Waals surface area (Å²) in [6.07, 6.45) is 1.50. The van der Waals surface area contributed by atoms with Crippen LogP contribution in [0.4, 0.5) is 5.69 Å². The SMILES string of the molecule is COc1ccc(C(=O)N/N=C\c2ccc(OCC(=O)Nc3ccc(Cl)c(Cl)c3)cc2)cc1. The topological polar surface area (TPSA) is 89.0 Å². The molecule has 0 aliphatic carbocycles. The van der Waals surface area contributed by atoms with Crippen LogP contribution in [0.1, 0.15) is 15.9 Å². The maximum absolute atomic E-state index is 12.1. The summed E-state index contributed by atoms with van der Waals surface area (Å²) in [6.45, 7) is -0.175. The predicted octanol–water partition coefficient (Wildman–Crippen LogP) is 4.78. The molecule has 164 valence electrons. The van der Waals surface area contributed by atoms with Gasteiger partial charge in [-0.3, -0.25) is 9.59 Å². The summed E-state index contributed by atoms with van der Waals surface area (Å²) in [5.41, 5.74) is 4.19. The average molecular weight is 472 g/mol. The van der Waals surface area contributed by atoms with Gasteiger partial charge in [-0.2, -0.15) is 5.10 Å². The first-order chi connectivity index (χ1) is 15.4. The molecule has 0 atom stereocenters. The van der Waals surface area contributed by atoms with Crippen molar-refractivity contribution in [1.29, 1.82) is 0 Å². The van der Waals surface area contributed by atoms with Gasteiger partial charge in [-0.05, 0) is 72.3 Å². The molecule has 0 aliphatic heterocycles. The van der Waals surface area contributed by atoms with E-state index in [2.05, 4.69) is 15.8 Å². The molecular formula is C23H19Cl2N3O4. The molecule has 0 aromatic heterocycles. The van der Waals surface area contributed by atoms with Crippen LogP contribution in [0.3, 0.4) is 0 Å². The van der Waals surface area contributed by atoms with E-state index in [0.717, 1.165) is 5.56 Å². The van der Waals surface area contributed by atoms with Crippen LogP contribution in [0.2, 0.25) is 10.0 Å². The Morgan fingerprint density at radius 2 is 1.62 bits per heavy atom. The fourth-order valence-electron chi connectivity index (χ4n) is 2.54. The number of hydrogen-bond acceptors (Lipinski definition) is 5. The van der Waals surface area contributed by atoms with Gasteiger partial charge in [0.2, 0.25) is 0 Å². The highest BCUT2D eigenvalue weighted by atomic mass is 35.5. The summed E-state index contributed by atoms with van der Waals surface area (Å²) in [4.78, 5) is 24.1. The second kappa shape index (κ2) is 11.2. The normalized spacial score (nSPS) is 10.6. The highest BCUT2D eigenvalue weighted by Gasteiger charge is 2.06. The molecule has 0 fully saturated rings. The fraction of sp³-hybridized carbons (Fsp3) is 0.0870. The number of nitrogens with one attached hydrogen (secondary N) is 2. The van der Waals surface area contributed by atoms with Crippen LogP contribution in [0.25, 0.3) is 0 Å². The summed E-state index contributed by atoms with van der Waals surface area (Å²) in [5.74, 6) is 0.500. The molecule has 2 N–H and O–H groups in total. The monoisotopic (exact) mass is 471 g/mol. The van der Waals surface area contributed by atoms with Crippen molar-refractivity contribution in [2.45, 2.75) is 0 Å². The van der Waals surface area contributed by atoms with Crippen molar-refractivity contribution in [3.05, 3.63) is 87.9 Å². The van der Waals surface area contributed by atoms with Crippen molar-refractivity contribution in [2.24, 2.45) is 5.10 Å². The number of hydrogen-bond donors (Lipinski definition) is 2. The van der Waals surface area contributed by atoms with Gasteiger partial charge < -0.3 is 14.8 Å². The van der Waals surface area contributed by atoms with E-state index in [1.165, 1.54) is 6.21 Å². The minimum Gasteiger partial charge on any atom is -0.497 e. The summed E-state index contributed by atoms with van der Waals surface area (Å²) in [7, 11) is 1.56. The Labute approximate surface area is 194 Å². The summed E-state index contributed by atoms with van der Waals surface area (Å²) >= 11 is 11.8. The third-order valence-corrected chi connectivity index (χ3v) is 4.92. The number of hydrazone groups is 1. The van der Waals surface area contributed by atoms with Crippen LogP contribution in [-0.4, -0.2) is 31.7 Å². The van der Waals surface area contributed by atoms with Crippen LogP contribution < -0.4 is 20.2 Å². The molecule has 0 saturated heterocycles. The van der Waals surface area contributed by atoms with Gasteiger partial charge in [0.05, 0.1) is 23.4 Å². The number of methoxy groups -OCH3 is 1. The lowest BCUT2D eigenvalue weighted by Gasteiger charge is -2.08. The van der Waals surface area contributed by atoms with Gasteiger partial charge in [-0.1, -0.05) is 23.2 Å². The minimum atomic E-state index is -0.338. The Morgan fingerprint density at radius 1 is 0.938 bits per heavy atom. The molecule has 0 radical (unpaired) electrons. The highest BCUT2D eigenvalue weighted by Crippen LogP contribution is 2.25. The molecule has 3 aromatic rings. The van der Waals surface area contributed by atoms with Crippen molar-refractivity contribution >= 4 is 46.9 Å². The van der Waals surface area contributed by atoms with Crippen LogP contribution in [0.15, 0.2) is 71.8 Å². The van der Waals surface area contributed by atoms with Crippen molar-refractivity contribution < 1.29 is 19.1 Å². The van der Waals surface area contributed by atoms with Gasteiger partial charge in [0, 0.05) is 11.3 Å². The van der Waals surface area contributed by atoms with E-state index in [4.69, 9.17) is 32.7 Å². The Balaban J connectivity index is 1.46. The van der Waals surface area contributed by atoms with E-state index in [-0.39, 0.29) is 18.4 Å². The number of halogens is 2. The smallest absolute Gasteiger partial charge is 0.271 e. The quantitative estimate of drug-likeness (QED) is 0.365. The second-order valence-corrected chi connectivity index (χ2v) is 7.28. The molecular weight excluding hydrogens is 453 g/mol. The first-order valence-corrected chi connectivity index (χ1v) is 10.2. The zero-order chi connectivity index (χ0) is 22.9. The molecule has 9 heteroatoms. The molecule has 0 bridgehead atoms.